The van der Waals surface area contributed by atoms with Crippen LogP contribution in [0.1, 0.15) is 19.3 Å². The topological polar surface area (TPSA) is 42.3 Å². The normalized spacial score (nSPS) is 21.6. The van der Waals surface area contributed by atoms with Gasteiger partial charge >= 0.3 is 21.7 Å². The maximum Gasteiger partial charge on any atom is 4.00 e. The van der Waals surface area contributed by atoms with Crippen molar-refractivity contribution in [2.24, 2.45) is 0 Å². The van der Waals surface area contributed by atoms with Gasteiger partial charge in [-0.2, -0.15) is 35.2 Å². The van der Waals surface area contributed by atoms with Gasteiger partial charge in [0.2, 0.25) is 0 Å². The van der Waals surface area contributed by atoms with Crippen LogP contribution in [0.25, 0.3) is 16.0 Å². The molecule has 0 heterocycles. The van der Waals surface area contributed by atoms with Crippen molar-refractivity contribution in [1.29, 1.82) is 0 Å². The first-order chi connectivity index (χ1) is 8.08. The molecule has 0 aromatic carbocycles. The van der Waals surface area contributed by atoms with Gasteiger partial charge in [0.05, 0.1) is 0 Å². The van der Waals surface area contributed by atoms with Gasteiger partial charge in [-0.25, -0.2) is 0 Å². The molecule has 6 heteroatoms. The van der Waals surface area contributed by atoms with E-state index in [1.807, 2.05) is 7.05 Å². The van der Waals surface area contributed by atoms with Crippen molar-refractivity contribution >= 4 is 19.5 Å². The SMILES string of the molecule is C[N-]C.C[N-]C.C[N-]CP(C)C1CCCC1Cl.[CH3-].[Ti+4]. The van der Waals surface area contributed by atoms with Crippen LogP contribution < -0.4 is 0 Å². The maximum atomic E-state index is 6.18. The average molecular weight is 344 g/mol. The molecule has 1 fully saturated rings. The number of nitrogens with zero attached hydrogens (tertiary/aromatic N) is 3. The fourth-order valence-corrected chi connectivity index (χ4v) is 4.56. The summed E-state index contributed by atoms with van der Waals surface area (Å²) in [5.41, 5.74) is 0.787. The Morgan fingerprint density at radius 3 is 1.74 bits per heavy atom. The minimum Gasteiger partial charge on any atom is -0.668 e. The summed E-state index contributed by atoms with van der Waals surface area (Å²) < 4.78 is 0. The molecule has 1 saturated carbocycles. The van der Waals surface area contributed by atoms with Crippen LogP contribution in [0.5, 0.6) is 0 Å². The molecule has 1 aliphatic rings. The Bertz CT molecular complexity index is 154. The minimum absolute atomic E-state index is 0. The van der Waals surface area contributed by atoms with Crippen LogP contribution in [0, 0.1) is 7.43 Å². The van der Waals surface area contributed by atoms with E-state index in [2.05, 4.69) is 22.6 Å². The van der Waals surface area contributed by atoms with Crippen molar-refractivity contribution in [2.45, 2.75) is 30.3 Å². The third-order valence-electron chi connectivity index (χ3n) is 2.33. The van der Waals surface area contributed by atoms with Gasteiger partial charge in [-0.3, -0.25) is 0 Å². The first kappa shape index (κ1) is 28.5. The molecule has 1 aliphatic carbocycles. The van der Waals surface area contributed by atoms with E-state index in [1.165, 1.54) is 19.3 Å². The molecule has 0 aromatic heterocycles. The zero-order valence-corrected chi connectivity index (χ0v) is 16.9. The van der Waals surface area contributed by atoms with Crippen molar-refractivity contribution in [3.8, 4) is 0 Å². The second kappa shape index (κ2) is 21.6. The van der Waals surface area contributed by atoms with Gasteiger partial charge in [-0.1, -0.05) is 6.42 Å². The van der Waals surface area contributed by atoms with E-state index in [4.69, 9.17) is 11.6 Å². The molecule has 0 aromatic rings. The van der Waals surface area contributed by atoms with Crippen LogP contribution in [-0.2, 0) is 21.7 Å². The molecule has 3 unspecified atom stereocenters. The number of hydrogen-bond donors (Lipinski definition) is 0. The van der Waals surface area contributed by atoms with E-state index in [-0.39, 0.29) is 37.1 Å². The molecule has 3 nitrogen and oxygen atoms in total. The molecule has 0 aliphatic heterocycles. The summed E-state index contributed by atoms with van der Waals surface area (Å²) in [6, 6.07) is 0. The summed E-state index contributed by atoms with van der Waals surface area (Å²) in [6.07, 6.45) is 4.94. The van der Waals surface area contributed by atoms with Crippen molar-refractivity contribution in [2.75, 3.05) is 48.2 Å². The second-order valence-corrected chi connectivity index (χ2v) is 7.14. The molecule has 0 saturated heterocycles. The average Bonchev–Trinajstić information content (AvgIpc) is 2.67. The largest absolute Gasteiger partial charge is 4.00 e. The Morgan fingerprint density at radius 1 is 1.05 bits per heavy atom. The second-order valence-electron chi connectivity index (χ2n) is 4.12. The molecule has 19 heavy (non-hydrogen) atoms. The van der Waals surface area contributed by atoms with Gasteiger partial charge in [-0.05, 0) is 25.2 Å². The molecule has 1 rings (SSSR count). The fraction of sp³-hybridized carbons (Fsp3) is 0.923. The zero-order chi connectivity index (χ0) is 13.7. The van der Waals surface area contributed by atoms with Gasteiger partial charge < -0.3 is 23.4 Å². The van der Waals surface area contributed by atoms with Crippen molar-refractivity contribution in [3.63, 3.8) is 0 Å². The summed E-state index contributed by atoms with van der Waals surface area (Å²) in [7, 11) is 8.98. The van der Waals surface area contributed by atoms with E-state index in [1.54, 1.807) is 28.2 Å². The summed E-state index contributed by atoms with van der Waals surface area (Å²) in [5, 5.41) is 11.6. The predicted molar refractivity (Wildman–Crippen MR) is 91.1 cm³/mol. The fourth-order valence-electron chi connectivity index (χ4n) is 1.72. The van der Waals surface area contributed by atoms with E-state index in [0.717, 1.165) is 11.9 Å². The van der Waals surface area contributed by atoms with E-state index < -0.39 is 0 Å². The Labute approximate surface area is 143 Å². The third kappa shape index (κ3) is 17.3. The molecule has 3 atom stereocenters. The molecule has 0 amide bonds. The Morgan fingerprint density at radius 2 is 1.47 bits per heavy atom. The van der Waals surface area contributed by atoms with Crippen molar-refractivity contribution in [3.05, 3.63) is 23.4 Å². The van der Waals surface area contributed by atoms with Gasteiger partial charge in [0.1, 0.15) is 0 Å². The Balaban J connectivity index is -0.000000122. The number of rotatable bonds is 3. The van der Waals surface area contributed by atoms with E-state index in [9.17, 15) is 0 Å². The number of halogens is 1. The van der Waals surface area contributed by atoms with Gasteiger partial charge in [0.15, 0.2) is 0 Å². The van der Waals surface area contributed by atoms with Gasteiger partial charge in [-0.15, -0.1) is 25.8 Å². The molecular weight excluding hydrogens is 312 g/mol. The zero-order valence-electron chi connectivity index (χ0n) is 13.6. The summed E-state index contributed by atoms with van der Waals surface area (Å²) >= 11 is 6.18. The van der Waals surface area contributed by atoms with Gasteiger partial charge in [0, 0.05) is 5.38 Å². The monoisotopic (exact) mass is 343 g/mol. The first-order valence-electron chi connectivity index (χ1n) is 5.94. The molecular formula is C13H31ClN3PTi. The molecule has 0 N–H and O–H groups in total. The third-order valence-corrected chi connectivity index (χ3v) is 5.51. The van der Waals surface area contributed by atoms with Crippen molar-refractivity contribution in [1.82, 2.24) is 0 Å². The minimum atomic E-state index is 0. The summed E-state index contributed by atoms with van der Waals surface area (Å²) in [4.78, 5) is 0. The predicted octanol–water partition coefficient (Wildman–Crippen LogP) is 4.91. The van der Waals surface area contributed by atoms with Crippen LogP contribution in [0.4, 0.5) is 0 Å². The van der Waals surface area contributed by atoms with Gasteiger partial charge in [0.25, 0.3) is 0 Å². The Hall–Kier alpha value is 1.31. The maximum absolute atomic E-state index is 6.18. The standard InChI is InChI=1S/C8H16ClNP.2C2H6N.CH3.Ti/c1-10-6-11(2)8-5-3-4-7(8)9;2*1-3-2;;/h7-8H,3-6H2,1-2H3;2*1-2H3;1H3;/q4*-1;+4. The van der Waals surface area contributed by atoms with Crippen LogP contribution in [-0.4, -0.2) is 59.2 Å². The number of hydrogen-bond acceptors (Lipinski definition) is 0. The molecule has 0 radical (unpaired) electrons. The van der Waals surface area contributed by atoms with E-state index >= 15 is 0 Å². The smallest absolute Gasteiger partial charge is 0.668 e. The molecule has 0 spiro atoms. The molecule has 0 bridgehead atoms. The first-order valence-corrected chi connectivity index (χ1v) is 8.42. The summed E-state index contributed by atoms with van der Waals surface area (Å²) in [5.74, 6) is 0. The van der Waals surface area contributed by atoms with Crippen LogP contribution in [0.3, 0.4) is 0 Å². The van der Waals surface area contributed by atoms with E-state index in [0.29, 0.717) is 5.38 Å². The number of alkyl halides is 1. The summed E-state index contributed by atoms with van der Waals surface area (Å²) in [6.45, 7) is 2.33. The quantitative estimate of drug-likeness (QED) is 0.302. The molecule has 114 valence electrons. The van der Waals surface area contributed by atoms with Crippen LogP contribution >= 0.6 is 19.5 Å². The van der Waals surface area contributed by atoms with Crippen LogP contribution in [0.15, 0.2) is 0 Å². The van der Waals surface area contributed by atoms with Crippen LogP contribution in [0.2, 0.25) is 0 Å². The van der Waals surface area contributed by atoms with Crippen molar-refractivity contribution < 1.29 is 21.7 Å². The Kier molecular flexibility index (Phi) is 32.4.